The fourth-order valence-corrected chi connectivity index (χ4v) is 2.29. The summed E-state index contributed by atoms with van der Waals surface area (Å²) in [6, 6.07) is 9.54. The van der Waals surface area contributed by atoms with E-state index in [2.05, 4.69) is 15.8 Å². The minimum absolute atomic E-state index is 0.0757. The molecule has 0 aromatic heterocycles. The smallest absolute Gasteiger partial charge is 0.312 e. The van der Waals surface area contributed by atoms with E-state index in [0.717, 1.165) is 6.07 Å². The number of aromatic hydroxyl groups is 1. The first-order valence-electron chi connectivity index (χ1n) is 6.82. The molecule has 8 nitrogen and oxygen atoms in total. The molecule has 2 aromatic carbocycles. The lowest BCUT2D eigenvalue weighted by atomic mass is 10.2. The molecule has 0 saturated heterocycles. The number of ether oxygens (including phenoxy) is 1. The van der Waals surface area contributed by atoms with Crippen LogP contribution < -0.4 is 15.5 Å². The molecule has 0 radical (unpaired) electrons. The van der Waals surface area contributed by atoms with Crippen molar-refractivity contribution in [2.75, 3.05) is 12.4 Å². The second kappa shape index (κ2) is 8.27. The summed E-state index contributed by atoms with van der Waals surface area (Å²) >= 11 is 10.9. The van der Waals surface area contributed by atoms with Crippen LogP contribution in [0.4, 0.5) is 11.4 Å². The SMILES string of the molecule is COc1ccccc1NC(=S)NN=Cc1cc(Cl)cc([N+](=O)[O-])c1O. The molecule has 0 bridgehead atoms. The molecule has 0 heterocycles. The standard InChI is InChI=1S/C15H13ClN4O4S/c1-24-13-5-3-2-4-11(13)18-15(25)19-17-8-9-6-10(16)7-12(14(9)21)20(22)23/h2-8,21H,1H3,(H2,18,19,25). The number of thiocarbonyl (C=S) groups is 1. The summed E-state index contributed by atoms with van der Waals surface area (Å²) in [6.07, 6.45) is 1.17. The summed E-state index contributed by atoms with van der Waals surface area (Å²) in [5.74, 6) is 0.0577. The number of methoxy groups -OCH3 is 1. The molecule has 10 heteroatoms. The van der Waals surface area contributed by atoms with Gasteiger partial charge in [-0.3, -0.25) is 15.5 Å². The number of hydrogen-bond donors (Lipinski definition) is 3. The number of para-hydroxylation sites is 2. The third-order valence-corrected chi connectivity index (χ3v) is 3.42. The van der Waals surface area contributed by atoms with Crippen molar-refractivity contribution in [3.8, 4) is 11.5 Å². The van der Waals surface area contributed by atoms with Gasteiger partial charge in [0.2, 0.25) is 5.75 Å². The number of nitro groups is 1. The first-order chi connectivity index (χ1) is 11.9. The Kier molecular flexibility index (Phi) is 6.09. The maximum Gasteiger partial charge on any atom is 0.312 e. The predicted octanol–water partition coefficient (Wildman–Crippen LogP) is 3.28. The second-order valence-electron chi connectivity index (χ2n) is 4.64. The number of anilines is 1. The highest BCUT2D eigenvalue weighted by Gasteiger charge is 2.17. The average Bonchev–Trinajstić information content (AvgIpc) is 2.57. The van der Waals surface area contributed by atoms with Crippen molar-refractivity contribution < 1.29 is 14.8 Å². The fourth-order valence-electron chi connectivity index (χ4n) is 1.90. The maximum atomic E-state index is 10.9. The Hall–Kier alpha value is -2.91. The van der Waals surface area contributed by atoms with E-state index in [1.54, 1.807) is 18.2 Å². The molecular formula is C15H13ClN4O4S. The van der Waals surface area contributed by atoms with Crippen molar-refractivity contribution in [3.05, 3.63) is 57.1 Å². The van der Waals surface area contributed by atoms with E-state index in [1.165, 1.54) is 19.4 Å². The quantitative estimate of drug-likeness (QED) is 0.316. The van der Waals surface area contributed by atoms with E-state index in [9.17, 15) is 15.2 Å². The first kappa shape index (κ1) is 18.4. The first-order valence-corrected chi connectivity index (χ1v) is 7.61. The van der Waals surface area contributed by atoms with E-state index >= 15 is 0 Å². The summed E-state index contributed by atoms with van der Waals surface area (Å²) < 4.78 is 5.18. The molecule has 25 heavy (non-hydrogen) atoms. The van der Waals surface area contributed by atoms with Crippen LogP contribution in [0.15, 0.2) is 41.5 Å². The minimum atomic E-state index is -0.736. The van der Waals surface area contributed by atoms with Gasteiger partial charge < -0.3 is 15.2 Å². The Morgan fingerprint density at radius 2 is 2.16 bits per heavy atom. The number of hydrogen-bond acceptors (Lipinski definition) is 6. The molecule has 3 N–H and O–H groups in total. The van der Waals surface area contributed by atoms with Crippen LogP contribution in [0.25, 0.3) is 0 Å². The monoisotopic (exact) mass is 380 g/mol. The van der Waals surface area contributed by atoms with E-state index in [0.29, 0.717) is 11.4 Å². The zero-order valence-electron chi connectivity index (χ0n) is 12.9. The molecule has 0 aliphatic carbocycles. The number of nitrogens with zero attached hydrogens (tertiary/aromatic N) is 2. The van der Waals surface area contributed by atoms with Crippen LogP contribution in [0.2, 0.25) is 5.02 Å². The lowest BCUT2D eigenvalue weighted by molar-refractivity contribution is -0.385. The molecular weight excluding hydrogens is 368 g/mol. The molecule has 0 aliphatic heterocycles. The van der Waals surface area contributed by atoms with Gasteiger partial charge in [0, 0.05) is 16.7 Å². The van der Waals surface area contributed by atoms with Crippen molar-refractivity contribution in [2.45, 2.75) is 0 Å². The third-order valence-electron chi connectivity index (χ3n) is 3.01. The van der Waals surface area contributed by atoms with Crippen LogP contribution in [0.5, 0.6) is 11.5 Å². The molecule has 0 amide bonds. The molecule has 130 valence electrons. The van der Waals surface area contributed by atoms with Crippen molar-refractivity contribution in [1.82, 2.24) is 5.43 Å². The number of benzene rings is 2. The van der Waals surface area contributed by atoms with Gasteiger partial charge in [-0.05, 0) is 30.4 Å². The summed E-state index contributed by atoms with van der Waals surface area (Å²) in [7, 11) is 1.53. The van der Waals surface area contributed by atoms with Crippen LogP contribution in [0, 0.1) is 10.1 Å². The number of hydrazone groups is 1. The van der Waals surface area contributed by atoms with Crippen molar-refractivity contribution >= 4 is 46.5 Å². The van der Waals surface area contributed by atoms with Crippen molar-refractivity contribution in [3.63, 3.8) is 0 Å². The van der Waals surface area contributed by atoms with Gasteiger partial charge in [-0.25, -0.2) is 0 Å². The van der Waals surface area contributed by atoms with Gasteiger partial charge in [0.25, 0.3) is 0 Å². The summed E-state index contributed by atoms with van der Waals surface area (Å²) in [5.41, 5.74) is 2.74. The van der Waals surface area contributed by atoms with E-state index in [-0.39, 0.29) is 15.7 Å². The highest BCUT2D eigenvalue weighted by atomic mass is 35.5. The van der Waals surface area contributed by atoms with Crippen LogP contribution >= 0.6 is 23.8 Å². The fraction of sp³-hybridized carbons (Fsp3) is 0.0667. The van der Waals surface area contributed by atoms with Gasteiger partial charge >= 0.3 is 5.69 Å². The highest BCUT2D eigenvalue weighted by Crippen LogP contribution is 2.32. The van der Waals surface area contributed by atoms with Gasteiger partial charge in [0.05, 0.1) is 23.9 Å². The zero-order chi connectivity index (χ0) is 18.4. The van der Waals surface area contributed by atoms with Crippen LogP contribution in [0.3, 0.4) is 0 Å². The second-order valence-corrected chi connectivity index (χ2v) is 5.49. The molecule has 0 unspecified atom stereocenters. The number of nitrogens with one attached hydrogen (secondary N) is 2. The number of phenolic OH excluding ortho intramolecular Hbond substituents is 1. The van der Waals surface area contributed by atoms with Crippen molar-refractivity contribution in [2.24, 2.45) is 5.10 Å². The Balaban J connectivity index is 2.08. The largest absolute Gasteiger partial charge is 0.502 e. The normalized spacial score (nSPS) is 10.5. The molecule has 0 atom stereocenters. The lowest BCUT2D eigenvalue weighted by Gasteiger charge is -2.10. The van der Waals surface area contributed by atoms with Crippen LogP contribution in [-0.4, -0.2) is 28.5 Å². The Bertz CT molecular complexity index is 844. The molecule has 0 aliphatic rings. The number of halogens is 1. The zero-order valence-corrected chi connectivity index (χ0v) is 14.5. The maximum absolute atomic E-state index is 10.9. The average molecular weight is 381 g/mol. The minimum Gasteiger partial charge on any atom is -0.502 e. The predicted molar refractivity (Wildman–Crippen MR) is 99.7 cm³/mol. The number of rotatable bonds is 5. The Morgan fingerprint density at radius 1 is 1.44 bits per heavy atom. The van der Waals surface area contributed by atoms with Gasteiger partial charge in [-0.2, -0.15) is 5.10 Å². The molecule has 0 fully saturated rings. The topological polar surface area (TPSA) is 109 Å². The summed E-state index contributed by atoms with van der Waals surface area (Å²) in [4.78, 5) is 10.1. The van der Waals surface area contributed by atoms with Crippen LogP contribution in [0.1, 0.15) is 5.56 Å². The summed E-state index contributed by atoms with van der Waals surface area (Å²) in [6.45, 7) is 0. The third kappa shape index (κ3) is 4.78. The van der Waals surface area contributed by atoms with Crippen molar-refractivity contribution in [1.29, 1.82) is 0 Å². The van der Waals surface area contributed by atoms with Gasteiger partial charge in [0.15, 0.2) is 5.11 Å². The van der Waals surface area contributed by atoms with E-state index < -0.39 is 16.4 Å². The molecule has 0 spiro atoms. The van der Waals surface area contributed by atoms with Crippen LogP contribution in [-0.2, 0) is 0 Å². The number of nitro benzene ring substituents is 1. The lowest BCUT2D eigenvalue weighted by Crippen LogP contribution is -2.24. The molecule has 2 aromatic rings. The Morgan fingerprint density at radius 3 is 2.84 bits per heavy atom. The van der Waals surface area contributed by atoms with Gasteiger partial charge in [0.1, 0.15) is 5.75 Å². The summed E-state index contributed by atoms with van der Waals surface area (Å²) in [5, 5.41) is 27.7. The Labute approximate surface area is 153 Å². The highest BCUT2D eigenvalue weighted by molar-refractivity contribution is 7.80. The van der Waals surface area contributed by atoms with E-state index in [4.69, 9.17) is 28.6 Å². The molecule has 0 saturated carbocycles. The number of phenols is 1. The van der Waals surface area contributed by atoms with E-state index in [1.807, 2.05) is 6.07 Å². The van der Waals surface area contributed by atoms with Gasteiger partial charge in [-0.15, -0.1) is 0 Å². The van der Waals surface area contributed by atoms with Gasteiger partial charge in [-0.1, -0.05) is 23.7 Å². The molecule has 2 rings (SSSR count).